The molecule has 0 aliphatic carbocycles. The molecule has 0 N–H and O–H groups in total. The van der Waals surface area contributed by atoms with Gasteiger partial charge in [-0.25, -0.2) is 0 Å². The van der Waals surface area contributed by atoms with Crippen molar-refractivity contribution in [2.75, 3.05) is 0 Å². The van der Waals surface area contributed by atoms with Crippen LogP contribution in [0.3, 0.4) is 0 Å². The van der Waals surface area contributed by atoms with Crippen LogP contribution >= 0.6 is 0 Å². The molecule has 2 aromatic rings. The summed E-state index contributed by atoms with van der Waals surface area (Å²) in [5.74, 6) is -2.49. The lowest BCUT2D eigenvalue weighted by Gasteiger charge is -2.09. The molecule has 0 spiro atoms. The molecule has 0 radical (unpaired) electrons. The van der Waals surface area contributed by atoms with Gasteiger partial charge in [-0.1, -0.05) is 0 Å². The molecule has 1 aromatic heterocycles. The maximum Gasteiger partial charge on any atom is 0.308 e. The van der Waals surface area contributed by atoms with Gasteiger partial charge < -0.3 is 18.6 Å². The third kappa shape index (κ3) is 3.73. The summed E-state index contributed by atoms with van der Waals surface area (Å²) < 4.78 is 19.8. The Balaban J connectivity index is 2.71. The van der Waals surface area contributed by atoms with Crippen molar-refractivity contribution in [3.63, 3.8) is 0 Å². The zero-order valence-electron chi connectivity index (χ0n) is 12.5. The fraction of sp³-hybridized carbons (Fsp3) is 0.200. The Bertz CT molecular complexity index is 862. The Morgan fingerprint density at radius 2 is 1.43 bits per heavy atom. The van der Waals surface area contributed by atoms with Crippen molar-refractivity contribution in [2.24, 2.45) is 0 Å². The fourth-order valence-corrected chi connectivity index (χ4v) is 1.86. The third-order valence-electron chi connectivity index (χ3n) is 2.55. The van der Waals surface area contributed by atoms with Crippen LogP contribution in [0.2, 0.25) is 0 Å². The first-order valence-electron chi connectivity index (χ1n) is 6.42. The zero-order valence-corrected chi connectivity index (χ0v) is 12.5. The smallest absolute Gasteiger partial charge is 0.308 e. The van der Waals surface area contributed by atoms with Crippen molar-refractivity contribution < 1.29 is 33.0 Å². The molecule has 2 rings (SSSR count). The molecule has 0 atom stereocenters. The van der Waals surface area contributed by atoms with Crippen molar-refractivity contribution in [3.05, 3.63) is 28.6 Å². The number of rotatable bonds is 3. The summed E-state index contributed by atoms with van der Waals surface area (Å²) in [6.45, 7) is 3.46. The number of ether oxygens (including phenoxy) is 3. The van der Waals surface area contributed by atoms with Gasteiger partial charge in [0.25, 0.3) is 0 Å². The monoisotopic (exact) mass is 320 g/mol. The van der Waals surface area contributed by atoms with Crippen LogP contribution in [0, 0.1) is 0 Å². The van der Waals surface area contributed by atoms with E-state index >= 15 is 0 Å². The molecule has 120 valence electrons. The van der Waals surface area contributed by atoms with Gasteiger partial charge in [-0.15, -0.1) is 0 Å². The molecular formula is C15H12O8. The van der Waals surface area contributed by atoms with E-state index in [4.69, 9.17) is 18.6 Å². The van der Waals surface area contributed by atoms with Crippen LogP contribution in [0.4, 0.5) is 0 Å². The molecule has 23 heavy (non-hydrogen) atoms. The number of fused-ring (bicyclic) bond motifs is 1. The van der Waals surface area contributed by atoms with Gasteiger partial charge in [-0.3, -0.25) is 19.2 Å². The van der Waals surface area contributed by atoms with Crippen LogP contribution < -0.4 is 19.6 Å². The van der Waals surface area contributed by atoms with Crippen molar-refractivity contribution >= 4 is 28.9 Å². The van der Waals surface area contributed by atoms with Gasteiger partial charge >= 0.3 is 17.9 Å². The van der Waals surface area contributed by atoms with Gasteiger partial charge in [0, 0.05) is 32.9 Å². The van der Waals surface area contributed by atoms with E-state index in [0.29, 0.717) is 0 Å². The van der Waals surface area contributed by atoms with Gasteiger partial charge in [-0.05, 0) is 0 Å². The summed E-state index contributed by atoms with van der Waals surface area (Å²) in [4.78, 5) is 45.6. The van der Waals surface area contributed by atoms with E-state index in [9.17, 15) is 19.2 Å². The van der Waals surface area contributed by atoms with Crippen molar-refractivity contribution in [3.8, 4) is 17.2 Å². The van der Waals surface area contributed by atoms with E-state index in [-0.39, 0.29) is 28.2 Å². The summed E-state index contributed by atoms with van der Waals surface area (Å²) in [5.41, 5.74) is -0.701. The highest BCUT2D eigenvalue weighted by atomic mass is 16.6. The summed E-state index contributed by atoms with van der Waals surface area (Å²) in [6.07, 6.45) is 0.946. The number of hydrogen-bond donors (Lipinski definition) is 0. The van der Waals surface area contributed by atoms with Gasteiger partial charge in [0.05, 0.1) is 0 Å². The second-order valence-corrected chi connectivity index (χ2v) is 4.50. The Hall–Kier alpha value is -3.16. The lowest BCUT2D eigenvalue weighted by molar-refractivity contribution is -0.133. The van der Waals surface area contributed by atoms with Gasteiger partial charge in [0.2, 0.25) is 11.2 Å². The van der Waals surface area contributed by atoms with Gasteiger partial charge in [0.15, 0.2) is 0 Å². The standard InChI is InChI=1S/C15H12O8/c1-7(16)21-10-4-11-14(12(5-10)22-8(2)17)15(19)13(6-20-11)23-9(3)18/h4-6H,1-3H3. The average Bonchev–Trinajstić information content (AvgIpc) is 2.39. The van der Waals surface area contributed by atoms with E-state index in [1.165, 1.54) is 19.1 Å². The Kier molecular flexibility index (Phi) is 4.44. The fourth-order valence-electron chi connectivity index (χ4n) is 1.86. The number of carbonyl (C=O) groups excluding carboxylic acids is 3. The Morgan fingerprint density at radius 1 is 0.870 bits per heavy atom. The van der Waals surface area contributed by atoms with Crippen LogP contribution in [-0.4, -0.2) is 17.9 Å². The Labute approximate surface area is 129 Å². The first-order valence-corrected chi connectivity index (χ1v) is 6.42. The van der Waals surface area contributed by atoms with E-state index in [1.807, 2.05) is 0 Å². The highest BCUT2D eigenvalue weighted by Crippen LogP contribution is 2.31. The zero-order chi connectivity index (χ0) is 17.1. The topological polar surface area (TPSA) is 109 Å². The maximum atomic E-state index is 12.4. The number of esters is 3. The third-order valence-corrected chi connectivity index (χ3v) is 2.55. The molecule has 0 saturated carbocycles. The molecule has 0 aliphatic rings. The summed E-state index contributed by atoms with van der Waals surface area (Å²) in [7, 11) is 0. The first-order chi connectivity index (χ1) is 10.8. The predicted octanol–water partition coefficient (Wildman–Crippen LogP) is 1.57. The van der Waals surface area contributed by atoms with E-state index < -0.39 is 23.3 Å². The molecule has 0 amide bonds. The highest BCUT2D eigenvalue weighted by molar-refractivity contribution is 5.89. The lowest BCUT2D eigenvalue weighted by atomic mass is 10.2. The molecule has 0 fully saturated rings. The first kappa shape index (κ1) is 16.2. The average molecular weight is 320 g/mol. The largest absolute Gasteiger partial charge is 0.460 e. The number of benzene rings is 1. The molecule has 1 aromatic carbocycles. The summed E-state index contributed by atoms with van der Waals surface area (Å²) >= 11 is 0. The summed E-state index contributed by atoms with van der Waals surface area (Å²) in [5, 5.41) is -0.116. The van der Waals surface area contributed by atoms with E-state index in [0.717, 1.165) is 20.1 Å². The molecule has 8 heteroatoms. The Morgan fingerprint density at radius 3 is 2.00 bits per heavy atom. The molecule has 0 unspecified atom stereocenters. The molecule has 8 nitrogen and oxygen atoms in total. The minimum Gasteiger partial charge on any atom is -0.460 e. The molecular weight excluding hydrogens is 308 g/mol. The molecule has 0 aliphatic heterocycles. The van der Waals surface area contributed by atoms with Crippen LogP contribution in [0.1, 0.15) is 20.8 Å². The highest BCUT2D eigenvalue weighted by Gasteiger charge is 2.18. The van der Waals surface area contributed by atoms with Crippen LogP contribution in [0.15, 0.2) is 27.6 Å². The lowest BCUT2D eigenvalue weighted by Crippen LogP contribution is -2.13. The molecule has 0 bridgehead atoms. The maximum absolute atomic E-state index is 12.4. The molecule has 0 saturated heterocycles. The van der Waals surface area contributed by atoms with Gasteiger partial charge in [-0.2, -0.15) is 0 Å². The number of carbonyl (C=O) groups is 3. The summed E-state index contributed by atoms with van der Waals surface area (Å²) in [6, 6.07) is 2.47. The van der Waals surface area contributed by atoms with E-state index in [2.05, 4.69) is 0 Å². The van der Waals surface area contributed by atoms with Crippen LogP contribution in [0.5, 0.6) is 17.2 Å². The van der Waals surface area contributed by atoms with Crippen LogP contribution in [-0.2, 0) is 14.4 Å². The normalized spacial score (nSPS) is 10.2. The predicted molar refractivity (Wildman–Crippen MR) is 76.4 cm³/mol. The van der Waals surface area contributed by atoms with Gasteiger partial charge in [0.1, 0.15) is 28.7 Å². The van der Waals surface area contributed by atoms with E-state index in [1.54, 1.807) is 0 Å². The van der Waals surface area contributed by atoms with Crippen molar-refractivity contribution in [2.45, 2.75) is 20.8 Å². The van der Waals surface area contributed by atoms with Crippen LogP contribution in [0.25, 0.3) is 11.0 Å². The second-order valence-electron chi connectivity index (χ2n) is 4.50. The second kappa shape index (κ2) is 6.30. The molecule has 1 heterocycles. The van der Waals surface area contributed by atoms with Crippen molar-refractivity contribution in [1.29, 1.82) is 0 Å². The minimum absolute atomic E-state index is 0.000835. The SMILES string of the molecule is CC(=O)Oc1cc(OC(C)=O)c2c(=O)c(OC(C)=O)coc2c1. The quantitative estimate of drug-likeness (QED) is 0.619. The minimum atomic E-state index is -0.706. The number of hydrogen-bond acceptors (Lipinski definition) is 8. The van der Waals surface area contributed by atoms with Crippen molar-refractivity contribution in [1.82, 2.24) is 0 Å².